The second-order valence-corrected chi connectivity index (χ2v) is 6.80. The topological polar surface area (TPSA) is 138 Å². The zero-order chi connectivity index (χ0) is 21.7. The maximum Gasteiger partial charge on any atom is 0.335 e. The lowest BCUT2D eigenvalue weighted by Gasteiger charge is -2.10. The fourth-order valence-corrected chi connectivity index (χ4v) is 3.25. The number of hydrogen-bond donors (Lipinski definition) is 2. The third-order valence-electron chi connectivity index (χ3n) is 3.95. The van der Waals surface area contributed by atoms with Gasteiger partial charge in [0.1, 0.15) is 11.5 Å². The van der Waals surface area contributed by atoms with Gasteiger partial charge >= 0.3 is 5.97 Å². The van der Waals surface area contributed by atoms with E-state index in [9.17, 15) is 14.7 Å². The molecule has 1 aromatic heterocycles. The van der Waals surface area contributed by atoms with Gasteiger partial charge in [0.15, 0.2) is 5.95 Å². The van der Waals surface area contributed by atoms with E-state index in [-0.39, 0.29) is 22.1 Å². The summed E-state index contributed by atoms with van der Waals surface area (Å²) in [5.74, 6) is -1.48. The molecule has 0 unspecified atom stereocenters. The van der Waals surface area contributed by atoms with Crippen LogP contribution in [0.3, 0.4) is 0 Å². The number of carboxylic acids is 1. The molecule has 0 saturated heterocycles. The Balaban J connectivity index is 1.71. The molecule has 0 aliphatic carbocycles. The Morgan fingerprint density at radius 2 is 1.93 bits per heavy atom. The van der Waals surface area contributed by atoms with E-state index in [1.807, 2.05) is 0 Å². The van der Waals surface area contributed by atoms with Crippen LogP contribution in [-0.4, -0.2) is 42.2 Å². The molecule has 0 spiro atoms. The van der Waals surface area contributed by atoms with Crippen LogP contribution in [0.5, 0.6) is 17.4 Å². The standard InChI is InChI=1S/C19H17N3O7S/c1-27-13-6-4-12(5-7-13)22-17(19(26)29-21-22)30-10-16(23)20-14-8-3-11(18(24)25)9-15(14)28-2/h3-9H,10H2,1-2H3,(H2-,20,21,23,24,25,26). The molecule has 0 radical (unpaired) electrons. The molecule has 156 valence electrons. The molecule has 1 heterocycles. The highest BCUT2D eigenvalue weighted by molar-refractivity contribution is 7.99. The van der Waals surface area contributed by atoms with Gasteiger partial charge in [0.25, 0.3) is 5.03 Å². The molecule has 0 saturated carbocycles. The number of nitrogens with zero attached hydrogens (tertiary/aromatic N) is 2. The van der Waals surface area contributed by atoms with Gasteiger partial charge in [-0.05, 0) is 46.8 Å². The highest BCUT2D eigenvalue weighted by atomic mass is 32.2. The average Bonchev–Trinajstić information content (AvgIpc) is 3.12. The largest absolute Gasteiger partial charge is 0.538 e. The summed E-state index contributed by atoms with van der Waals surface area (Å²) in [6.07, 6.45) is 0. The first kappa shape index (κ1) is 21.0. The first-order valence-electron chi connectivity index (χ1n) is 8.50. The lowest BCUT2D eigenvalue weighted by atomic mass is 10.2. The molecular weight excluding hydrogens is 414 g/mol. The third kappa shape index (κ3) is 4.63. The zero-order valence-corrected chi connectivity index (χ0v) is 16.8. The van der Waals surface area contributed by atoms with Gasteiger partial charge in [0, 0.05) is 12.1 Å². The number of nitrogens with one attached hydrogen (secondary N) is 1. The number of anilines is 1. The van der Waals surface area contributed by atoms with Crippen LogP contribution in [0.1, 0.15) is 10.4 Å². The van der Waals surface area contributed by atoms with Crippen molar-refractivity contribution in [1.29, 1.82) is 0 Å². The molecule has 0 aliphatic heterocycles. The predicted octanol–water partition coefficient (Wildman–Crippen LogP) is 1.47. The Morgan fingerprint density at radius 1 is 1.20 bits per heavy atom. The van der Waals surface area contributed by atoms with Crippen LogP contribution in [0, 0.1) is 0 Å². The van der Waals surface area contributed by atoms with Crippen LogP contribution in [0.25, 0.3) is 5.69 Å². The third-order valence-corrected chi connectivity index (χ3v) is 4.97. The summed E-state index contributed by atoms with van der Waals surface area (Å²) in [5, 5.41) is 27.5. The van der Waals surface area contributed by atoms with E-state index in [1.165, 1.54) is 37.1 Å². The molecule has 3 rings (SSSR count). The van der Waals surface area contributed by atoms with Crippen molar-refractivity contribution in [3.8, 4) is 23.1 Å². The molecule has 0 bridgehead atoms. The van der Waals surface area contributed by atoms with Gasteiger partial charge in [-0.15, -0.1) is 0 Å². The van der Waals surface area contributed by atoms with Gasteiger partial charge in [-0.2, -0.15) is 0 Å². The van der Waals surface area contributed by atoms with E-state index < -0.39 is 17.8 Å². The minimum absolute atomic E-state index is 0.0280. The summed E-state index contributed by atoms with van der Waals surface area (Å²) >= 11 is 0.950. The van der Waals surface area contributed by atoms with Crippen LogP contribution < -0.4 is 24.6 Å². The number of carbonyl (C=O) groups excluding carboxylic acids is 1. The fourth-order valence-electron chi connectivity index (χ4n) is 2.50. The van der Waals surface area contributed by atoms with E-state index in [1.54, 1.807) is 24.3 Å². The van der Waals surface area contributed by atoms with Gasteiger partial charge in [-0.3, -0.25) is 4.79 Å². The van der Waals surface area contributed by atoms with Crippen LogP contribution in [-0.2, 0) is 4.79 Å². The minimum atomic E-state index is -1.11. The molecule has 0 fully saturated rings. The average molecular weight is 431 g/mol. The van der Waals surface area contributed by atoms with E-state index in [0.717, 1.165) is 11.8 Å². The highest BCUT2D eigenvalue weighted by Crippen LogP contribution is 2.27. The number of ether oxygens (including phenoxy) is 2. The smallest absolute Gasteiger partial charge is 0.335 e. The fraction of sp³-hybridized carbons (Fsp3) is 0.158. The van der Waals surface area contributed by atoms with Crippen molar-refractivity contribution in [1.82, 2.24) is 5.27 Å². The van der Waals surface area contributed by atoms with Crippen molar-refractivity contribution in [2.45, 2.75) is 5.03 Å². The molecule has 0 aliphatic rings. The van der Waals surface area contributed by atoms with E-state index >= 15 is 0 Å². The number of methoxy groups -OCH3 is 2. The Hall–Kier alpha value is -3.73. The number of carbonyl (C=O) groups is 2. The van der Waals surface area contributed by atoms with Crippen LogP contribution in [0.15, 0.2) is 52.0 Å². The van der Waals surface area contributed by atoms with Crippen LogP contribution in [0.4, 0.5) is 5.69 Å². The van der Waals surface area contributed by atoms with Crippen molar-refractivity contribution >= 4 is 29.3 Å². The number of aromatic carboxylic acids is 1. The van der Waals surface area contributed by atoms with Crippen molar-refractivity contribution in [2.75, 3.05) is 25.3 Å². The maximum atomic E-state index is 12.4. The summed E-state index contributed by atoms with van der Waals surface area (Å²) in [4.78, 5) is 23.4. The van der Waals surface area contributed by atoms with Crippen molar-refractivity contribution in [2.24, 2.45) is 0 Å². The molecule has 30 heavy (non-hydrogen) atoms. The molecule has 10 nitrogen and oxygen atoms in total. The Labute approximate surface area is 175 Å². The Kier molecular flexibility index (Phi) is 6.42. The number of aromatic nitrogens is 2. The van der Waals surface area contributed by atoms with Gasteiger partial charge < -0.3 is 29.5 Å². The summed E-state index contributed by atoms with van der Waals surface area (Å²) in [6.45, 7) is 0. The van der Waals surface area contributed by atoms with Crippen LogP contribution >= 0.6 is 11.8 Å². The molecule has 2 N–H and O–H groups in total. The zero-order valence-electron chi connectivity index (χ0n) is 15.9. The Bertz CT molecular complexity index is 1070. The quantitative estimate of drug-likeness (QED) is 0.401. The first-order valence-corrected chi connectivity index (χ1v) is 9.49. The second-order valence-electron chi connectivity index (χ2n) is 5.83. The van der Waals surface area contributed by atoms with Gasteiger partial charge in [-0.1, -0.05) is 0 Å². The predicted molar refractivity (Wildman–Crippen MR) is 103 cm³/mol. The van der Waals surface area contributed by atoms with Gasteiger partial charge in [-0.25, -0.2) is 4.79 Å². The van der Waals surface area contributed by atoms with Gasteiger partial charge in [0.2, 0.25) is 11.6 Å². The van der Waals surface area contributed by atoms with Crippen molar-refractivity contribution in [3.05, 3.63) is 48.0 Å². The van der Waals surface area contributed by atoms with E-state index in [0.29, 0.717) is 17.1 Å². The first-order chi connectivity index (χ1) is 14.4. The van der Waals surface area contributed by atoms with E-state index in [2.05, 4.69) is 10.6 Å². The normalized spacial score (nSPS) is 10.5. The molecule has 0 atom stereocenters. The van der Waals surface area contributed by atoms with Crippen molar-refractivity contribution < 1.29 is 38.5 Å². The number of hydrogen-bond acceptors (Lipinski definition) is 8. The molecule has 11 heteroatoms. The molecule has 1 amide bonds. The second kappa shape index (κ2) is 9.18. The summed E-state index contributed by atoms with van der Waals surface area (Å²) in [5.41, 5.74) is 0.902. The summed E-state index contributed by atoms with van der Waals surface area (Å²) in [6, 6.07) is 10.9. The molecule has 3 aromatic rings. The maximum absolute atomic E-state index is 12.4. The summed E-state index contributed by atoms with van der Waals surface area (Å²) in [7, 11) is 2.90. The lowest BCUT2D eigenvalue weighted by Crippen LogP contribution is -2.35. The number of benzene rings is 2. The molecular formula is C19H17N3O7S. The number of thioether (sulfide) groups is 1. The number of rotatable bonds is 8. The number of carboxylic acid groups (broad SMARTS) is 1. The lowest BCUT2D eigenvalue weighted by molar-refractivity contribution is -0.705. The Morgan fingerprint density at radius 3 is 2.57 bits per heavy atom. The van der Waals surface area contributed by atoms with E-state index in [4.69, 9.17) is 19.1 Å². The van der Waals surface area contributed by atoms with Gasteiger partial charge in [0.05, 0.1) is 36.5 Å². The van der Waals surface area contributed by atoms with Crippen molar-refractivity contribution in [3.63, 3.8) is 0 Å². The molecule has 2 aromatic carbocycles. The summed E-state index contributed by atoms with van der Waals surface area (Å²) < 4.78 is 16.2. The number of amides is 1. The monoisotopic (exact) mass is 431 g/mol. The van der Waals surface area contributed by atoms with Crippen LogP contribution in [0.2, 0.25) is 0 Å². The SMILES string of the molecule is COc1ccc(-[n+]2noc([O-])c2SCC(=O)Nc2ccc(C(=O)O)cc2OC)cc1. The minimum Gasteiger partial charge on any atom is -0.538 e. The highest BCUT2D eigenvalue weighted by Gasteiger charge is 2.22.